The Balaban J connectivity index is 1.67. The standard InChI is InChI=1S/C14H20O7/c15-4-10(16)20-5-11(17)21-14-3-9-1-12(18,7-14)6-13(19,2-9)8-14/h9,15,18-19H,1-8H2. The third kappa shape index (κ3) is 2.77. The van der Waals surface area contributed by atoms with E-state index >= 15 is 0 Å². The zero-order chi connectivity index (χ0) is 15.3. The van der Waals surface area contributed by atoms with Crippen molar-refractivity contribution in [3.8, 4) is 0 Å². The molecule has 0 spiro atoms. The Morgan fingerprint density at radius 3 is 2.14 bits per heavy atom. The van der Waals surface area contributed by atoms with E-state index in [2.05, 4.69) is 4.74 Å². The van der Waals surface area contributed by atoms with Crippen molar-refractivity contribution in [2.45, 2.75) is 55.3 Å². The van der Waals surface area contributed by atoms with Crippen LogP contribution in [0, 0.1) is 5.92 Å². The van der Waals surface area contributed by atoms with E-state index in [0.29, 0.717) is 38.5 Å². The van der Waals surface area contributed by atoms with Crippen molar-refractivity contribution in [2.24, 2.45) is 5.92 Å². The van der Waals surface area contributed by atoms with Gasteiger partial charge in [0, 0.05) is 19.3 Å². The van der Waals surface area contributed by atoms with Gasteiger partial charge in [-0.1, -0.05) is 0 Å². The summed E-state index contributed by atoms with van der Waals surface area (Å²) in [5, 5.41) is 29.6. The molecule has 7 nitrogen and oxygen atoms in total. The van der Waals surface area contributed by atoms with Gasteiger partial charge in [0.2, 0.25) is 0 Å². The molecule has 7 heteroatoms. The molecule has 0 aliphatic heterocycles. The first kappa shape index (κ1) is 14.7. The van der Waals surface area contributed by atoms with Gasteiger partial charge in [-0.25, -0.2) is 9.59 Å². The van der Waals surface area contributed by atoms with Crippen LogP contribution in [0.1, 0.15) is 38.5 Å². The molecule has 0 aromatic heterocycles. The van der Waals surface area contributed by atoms with Crippen molar-refractivity contribution in [3.63, 3.8) is 0 Å². The number of esters is 2. The Morgan fingerprint density at radius 2 is 1.62 bits per heavy atom. The summed E-state index contributed by atoms with van der Waals surface area (Å²) in [4.78, 5) is 22.6. The molecule has 4 aliphatic rings. The van der Waals surface area contributed by atoms with Gasteiger partial charge in [-0.05, 0) is 25.2 Å². The zero-order valence-corrected chi connectivity index (χ0v) is 11.7. The van der Waals surface area contributed by atoms with Crippen LogP contribution in [0.4, 0.5) is 0 Å². The van der Waals surface area contributed by atoms with E-state index in [9.17, 15) is 19.8 Å². The Hall–Kier alpha value is -1.18. The highest BCUT2D eigenvalue weighted by molar-refractivity contribution is 5.77. The summed E-state index contributed by atoms with van der Waals surface area (Å²) < 4.78 is 9.99. The van der Waals surface area contributed by atoms with E-state index < -0.39 is 42.0 Å². The van der Waals surface area contributed by atoms with E-state index in [-0.39, 0.29) is 5.92 Å². The fourth-order valence-corrected chi connectivity index (χ4v) is 4.82. The molecule has 4 saturated carbocycles. The molecule has 4 bridgehead atoms. The lowest BCUT2D eigenvalue weighted by Crippen LogP contribution is -2.67. The maximum Gasteiger partial charge on any atom is 0.344 e. The van der Waals surface area contributed by atoms with Gasteiger partial charge in [0.15, 0.2) is 6.61 Å². The summed E-state index contributed by atoms with van der Waals surface area (Å²) in [5.74, 6) is -1.47. The van der Waals surface area contributed by atoms with Crippen LogP contribution in [0.3, 0.4) is 0 Å². The van der Waals surface area contributed by atoms with E-state index in [4.69, 9.17) is 9.84 Å². The molecule has 0 heterocycles. The van der Waals surface area contributed by atoms with Gasteiger partial charge in [0.25, 0.3) is 0 Å². The van der Waals surface area contributed by atoms with Crippen LogP contribution < -0.4 is 0 Å². The summed E-state index contributed by atoms with van der Waals surface area (Å²) in [5.41, 5.74) is -2.82. The second-order valence-electron chi connectivity index (χ2n) is 6.93. The zero-order valence-electron chi connectivity index (χ0n) is 11.7. The van der Waals surface area contributed by atoms with Gasteiger partial charge in [0.1, 0.15) is 12.2 Å². The number of hydrogen-bond acceptors (Lipinski definition) is 7. The maximum atomic E-state index is 11.8. The van der Waals surface area contributed by atoms with Crippen LogP contribution in [0.25, 0.3) is 0 Å². The average molecular weight is 300 g/mol. The van der Waals surface area contributed by atoms with E-state index in [1.54, 1.807) is 0 Å². The highest BCUT2D eigenvalue weighted by Gasteiger charge is 2.64. The quantitative estimate of drug-likeness (QED) is 0.586. The first-order valence-corrected chi connectivity index (χ1v) is 7.19. The number of aliphatic hydroxyl groups is 3. The van der Waals surface area contributed by atoms with Crippen LogP contribution in [-0.2, 0) is 19.1 Å². The lowest BCUT2D eigenvalue weighted by atomic mass is 9.50. The first-order chi connectivity index (χ1) is 9.76. The van der Waals surface area contributed by atoms with Crippen LogP contribution >= 0.6 is 0 Å². The van der Waals surface area contributed by atoms with Gasteiger partial charge in [-0.3, -0.25) is 0 Å². The van der Waals surface area contributed by atoms with Gasteiger partial charge < -0.3 is 24.8 Å². The largest absolute Gasteiger partial charge is 0.456 e. The van der Waals surface area contributed by atoms with Crippen molar-refractivity contribution in [1.29, 1.82) is 0 Å². The minimum atomic E-state index is -0.976. The summed E-state index contributed by atoms with van der Waals surface area (Å²) in [6.07, 6.45) is 2.85. The highest BCUT2D eigenvalue weighted by atomic mass is 16.6. The maximum absolute atomic E-state index is 11.8. The number of rotatable bonds is 4. The molecule has 4 rings (SSSR count). The Morgan fingerprint density at radius 1 is 1.00 bits per heavy atom. The highest BCUT2D eigenvalue weighted by Crippen LogP contribution is 2.60. The SMILES string of the molecule is O=C(CO)OCC(=O)OC12CC3CC(O)(CC(O)(C3)C1)C2. The van der Waals surface area contributed by atoms with E-state index in [1.807, 2.05) is 0 Å². The second kappa shape index (κ2) is 4.66. The van der Waals surface area contributed by atoms with Crippen LogP contribution in [0.2, 0.25) is 0 Å². The second-order valence-corrected chi connectivity index (χ2v) is 6.93. The van der Waals surface area contributed by atoms with E-state index in [0.717, 1.165) is 0 Å². The molecule has 0 aromatic carbocycles. The number of ether oxygens (including phenoxy) is 2. The van der Waals surface area contributed by atoms with Gasteiger partial charge >= 0.3 is 11.9 Å². The molecule has 4 aliphatic carbocycles. The van der Waals surface area contributed by atoms with Crippen LogP contribution in [-0.4, -0.2) is 57.3 Å². The Bertz CT molecular complexity index is 456. The fraction of sp³-hybridized carbons (Fsp3) is 0.857. The van der Waals surface area contributed by atoms with Crippen LogP contribution in [0.15, 0.2) is 0 Å². The van der Waals surface area contributed by atoms with Gasteiger partial charge in [-0.2, -0.15) is 0 Å². The van der Waals surface area contributed by atoms with Crippen LogP contribution in [0.5, 0.6) is 0 Å². The molecule has 4 fully saturated rings. The fourth-order valence-electron chi connectivity index (χ4n) is 4.82. The first-order valence-electron chi connectivity index (χ1n) is 7.19. The molecule has 2 unspecified atom stereocenters. The molecule has 0 amide bonds. The van der Waals surface area contributed by atoms with Crippen molar-refractivity contribution in [1.82, 2.24) is 0 Å². The lowest BCUT2D eigenvalue weighted by Gasteiger charge is -2.62. The summed E-state index contributed by atoms with van der Waals surface area (Å²) >= 11 is 0. The van der Waals surface area contributed by atoms with Gasteiger partial charge in [0.05, 0.1) is 11.2 Å². The summed E-state index contributed by atoms with van der Waals surface area (Å²) in [7, 11) is 0. The Labute approximate surface area is 121 Å². The third-order valence-electron chi connectivity index (χ3n) is 4.77. The molecule has 2 atom stereocenters. The lowest BCUT2D eigenvalue weighted by molar-refractivity contribution is -0.262. The number of carbonyl (C=O) groups is 2. The Kier molecular flexibility index (Phi) is 3.27. The summed E-state index contributed by atoms with van der Waals surface area (Å²) in [6, 6.07) is 0. The number of hydrogen-bond donors (Lipinski definition) is 3. The molecule has 118 valence electrons. The van der Waals surface area contributed by atoms with Crippen molar-refractivity contribution in [3.05, 3.63) is 0 Å². The molecule has 0 aromatic rings. The van der Waals surface area contributed by atoms with Crippen molar-refractivity contribution in [2.75, 3.05) is 13.2 Å². The molecular formula is C14H20O7. The predicted molar refractivity (Wildman–Crippen MR) is 68.0 cm³/mol. The topological polar surface area (TPSA) is 113 Å². The molecule has 0 radical (unpaired) electrons. The number of carbonyl (C=O) groups excluding carboxylic acids is 2. The molecule has 3 N–H and O–H groups in total. The van der Waals surface area contributed by atoms with Crippen molar-refractivity contribution >= 4 is 11.9 Å². The minimum absolute atomic E-state index is 0.143. The molecule has 21 heavy (non-hydrogen) atoms. The summed E-state index contributed by atoms with van der Waals surface area (Å²) in [6.45, 7) is -1.36. The number of aliphatic hydroxyl groups excluding tert-OH is 1. The smallest absolute Gasteiger partial charge is 0.344 e. The van der Waals surface area contributed by atoms with E-state index in [1.165, 1.54) is 0 Å². The van der Waals surface area contributed by atoms with Crippen molar-refractivity contribution < 1.29 is 34.4 Å². The predicted octanol–water partition coefficient (Wildman–Crippen LogP) is -0.736. The monoisotopic (exact) mass is 300 g/mol. The van der Waals surface area contributed by atoms with Gasteiger partial charge in [-0.15, -0.1) is 0 Å². The minimum Gasteiger partial charge on any atom is -0.456 e. The average Bonchev–Trinajstić information content (AvgIpc) is 2.30. The molecular weight excluding hydrogens is 280 g/mol. The normalized spacial score (nSPS) is 43.7. The third-order valence-corrected chi connectivity index (χ3v) is 4.77. The molecule has 0 saturated heterocycles.